The lowest BCUT2D eigenvalue weighted by Crippen LogP contribution is -2.06. The maximum Gasteiger partial charge on any atom is 0.338 e. The van der Waals surface area contributed by atoms with Crippen molar-refractivity contribution in [1.82, 2.24) is 0 Å². The maximum atomic E-state index is 13.5. The molecule has 1 rings (SSSR count). The van der Waals surface area contributed by atoms with Crippen molar-refractivity contribution < 1.29 is 13.9 Å². The minimum absolute atomic E-state index is 0.235. The lowest BCUT2D eigenvalue weighted by molar-refractivity contribution is 0.0599. The number of halogens is 1. The Labute approximate surface area is 93.7 Å². The third-order valence-electron chi connectivity index (χ3n) is 2.22. The topological polar surface area (TPSA) is 52.3 Å². The zero-order valence-corrected chi connectivity index (χ0v) is 9.29. The Balaban J connectivity index is 3.22. The molecule has 0 radical (unpaired) electrons. The maximum absolute atomic E-state index is 13.5. The lowest BCUT2D eigenvalue weighted by atomic mass is 10.0. The fraction of sp³-hybridized carbons (Fsp3) is 0.250. The van der Waals surface area contributed by atoms with E-state index in [1.807, 2.05) is 0 Å². The summed E-state index contributed by atoms with van der Waals surface area (Å²) in [6, 6.07) is 2.93. The monoisotopic (exact) mass is 223 g/mol. The number of esters is 1. The summed E-state index contributed by atoms with van der Waals surface area (Å²) in [6.07, 6.45) is 3.35. The molecule has 0 spiro atoms. The summed E-state index contributed by atoms with van der Waals surface area (Å²) in [5, 5.41) is 0. The molecule has 16 heavy (non-hydrogen) atoms. The SMILES string of the molecule is COC(=O)c1cc(/C=C/CN)cc(F)c1C. The average molecular weight is 223 g/mol. The molecule has 0 amide bonds. The van der Waals surface area contributed by atoms with Crippen LogP contribution < -0.4 is 5.73 Å². The van der Waals surface area contributed by atoms with E-state index in [-0.39, 0.29) is 11.1 Å². The van der Waals surface area contributed by atoms with Gasteiger partial charge in [0.15, 0.2) is 0 Å². The molecule has 0 aliphatic heterocycles. The highest BCUT2D eigenvalue weighted by Crippen LogP contribution is 2.17. The molecule has 0 saturated heterocycles. The Bertz CT molecular complexity index is 427. The van der Waals surface area contributed by atoms with Gasteiger partial charge in [-0.05, 0) is 30.2 Å². The number of benzene rings is 1. The molecule has 0 aromatic heterocycles. The van der Waals surface area contributed by atoms with E-state index < -0.39 is 11.8 Å². The van der Waals surface area contributed by atoms with E-state index in [1.54, 1.807) is 18.2 Å². The summed E-state index contributed by atoms with van der Waals surface area (Å²) in [5.74, 6) is -0.973. The van der Waals surface area contributed by atoms with Gasteiger partial charge < -0.3 is 10.5 Å². The Morgan fingerprint density at radius 3 is 2.81 bits per heavy atom. The van der Waals surface area contributed by atoms with Crippen LogP contribution in [0.3, 0.4) is 0 Å². The molecule has 0 aliphatic carbocycles. The molecule has 3 nitrogen and oxygen atoms in total. The van der Waals surface area contributed by atoms with Crippen molar-refractivity contribution >= 4 is 12.0 Å². The van der Waals surface area contributed by atoms with Gasteiger partial charge in [0, 0.05) is 6.54 Å². The highest BCUT2D eigenvalue weighted by molar-refractivity contribution is 5.91. The van der Waals surface area contributed by atoms with Crippen molar-refractivity contribution in [3.63, 3.8) is 0 Å². The van der Waals surface area contributed by atoms with Crippen molar-refractivity contribution in [3.05, 3.63) is 40.7 Å². The van der Waals surface area contributed by atoms with E-state index in [4.69, 9.17) is 5.73 Å². The Morgan fingerprint density at radius 1 is 1.56 bits per heavy atom. The number of hydrogen-bond donors (Lipinski definition) is 1. The smallest absolute Gasteiger partial charge is 0.338 e. The van der Waals surface area contributed by atoms with E-state index >= 15 is 0 Å². The van der Waals surface area contributed by atoms with Crippen molar-refractivity contribution in [2.75, 3.05) is 13.7 Å². The first-order valence-corrected chi connectivity index (χ1v) is 4.85. The number of carbonyl (C=O) groups is 1. The zero-order valence-electron chi connectivity index (χ0n) is 9.29. The van der Waals surface area contributed by atoms with Gasteiger partial charge in [-0.15, -0.1) is 0 Å². The van der Waals surface area contributed by atoms with Crippen LogP contribution >= 0.6 is 0 Å². The second kappa shape index (κ2) is 5.42. The van der Waals surface area contributed by atoms with E-state index in [0.29, 0.717) is 12.1 Å². The van der Waals surface area contributed by atoms with Crippen LogP contribution in [0.2, 0.25) is 0 Å². The average Bonchev–Trinajstić information content (AvgIpc) is 2.29. The Kier molecular flexibility index (Phi) is 4.19. The van der Waals surface area contributed by atoms with Crippen LogP contribution in [0, 0.1) is 12.7 Å². The van der Waals surface area contributed by atoms with Gasteiger partial charge in [0.1, 0.15) is 5.82 Å². The first-order chi connectivity index (χ1) is 7.60. The van der Waals surface area contributed by atoms with Crippen molar-refractivity contribution in [2.45, 2.75) is 6.92 Å². The molecule has 1 aromatic carbocycles. The van der Waals surface area contributed by atoms with Gasteiger partial charge in [-0.25, -0.2) is 9.18 Å². The fourth-order valence-electron chi connectivity index (χ4n) is 1.32. The molecule has 4 heteroatoms. The zero-order chi connectivity index (χ0) is 12.1. The molecule has 0 aliphatic rings. The van der Waals surface area contributed by atoms with Crippen molar-refractivity contribution in [3.8, 4) is 0 Å². The second-order valence-electron chi connectivity index (χ2n) is 3.30. The summed E-state index contributed by atoms with van der Waals surface area (Å²) in [4.78, 5) is 11.4. The minimum atomic E-state index is -0.542. The van der Waals surface area contributed by atoms with Gasteiger partial charge >= 0.3 is 5.97 Å². The standard InChI is InChI=1S/C12H14FNO2/c1-8-10(12(15)16-2)6-9(4-3-5-14)7-11(8)13/h3-4,6-7H,5,14H2,1-2H3/b4-3+. The predicted octanol–water partition coefficient (Wildman–Crippen LogP) is 1.89. The number of carbonyl (C=O) groups excluding carboxylic acids is 1. The Hall–Kier alpha value is -1.68. The first kappa shape index (κ1) is 12.4. The second-order valence-corrected chi connectivity index (χ2v) is 3.30. The van der Waals surface area contributed by atoms with E-state index in [9.17, 15) is 9.18 Å². The van der Waals surface area contributed by atoms with E-state index in [0.717, 1.165) is 0 Å². The first-order valence-electron chi connectivity index (χ1n) is 4.85. The summed E-state index contributed by atoms with van der Waals surface area (Å²) < 4.78 is 18.1. The van der Waals surface area contributed by atoms with Gasteiger partial charge in [-0.2, -0.15) is 0 Å². The molecule has 0 atom stereocenters. The predicted molar refractivity (Wildman–Crippen MR) is 60.6 cm³/mol. The van der Waals surface area contributed by atoms with E-state index in [2.05, 4.69) is 4.74 Å². The summed E-state index contributed by atoms with van der Waals surface area (Å²) in [5.41, 5.74) is 6.41. The molecule has 0 bridgehead atoms. The number of nitrogens with two attached hydrogens (primary N) is 1. The number of ether oxygens (including phenoxy) is 1. The summed E-state index contributed by atoms with van der Waals surface area (Å²) in [6.45, 7) is 1.90. The lowest BCUT2D eigenvalue weighted by Gasteiger charge is -2.06. The van der Waals surface area contributed by atoms with Crippen LogP contribution in [0.5, 0.6) is 0 Å². The number of methoxy groups -OCH3 is 1. The van der Waals surface area contributed by atoms with Crippen LogP contribution in [-0.2, 0) is 4.74 Å². The van der Waals surface area contributed by atoms with Gasteiger partial charge in [-0.3, -0.25) is 0 Å². The molecule has 1 aromatic rings. The Morgan fingerprint density at radius 2 is 2.25 bits per heavy atom. The quantitative estimate of drug-likeness (QED) is 0.796. The van der Waals surface area contributed by atoms with Crippen LogP contribution in [-0.4, -0.2) is 19.6 Å². The highest BCUT2D eigenvalue weighted by atomic mass is 19.1. The van der Waals surface area contributed by atoms with Crippen LogP contribution in [0.25, 0.3) is 6.08 Å². The molecule has 2 N–H and O–H groups in total. The van der Waals surface area contributed by atoms with E-state index in [1.165, 1.54) is 20.1 Å². The fourth-order valence-corrected chi connectivity index (χ4v) is 1.32. The summed E-state index contributed by atoms with van der Waals surface area (Å²) >= 11 is 0. The molecule has 86 valence electrons. The van der Waals surface area contributed by atoms with Gasteiger partial charge in [0.05, 0.1) is 12.7 Å². The minimum Gasteiger partial charge on any atom is -0.465 e. The van der Waals surface area contributed by atoms with Crippen LogP contribution in [0.1, 0.15) is 21.5 Å². The van der Waals surface area contributed by atoms with Crippen molar-refractivity contribution in [1.29, 1.82) is 0 Å². The van der Waals surface area contributed by atoms with Crippen LogP contribution in [0.4, 0.5) is 4.39 Å². The highest BCUT2D eigenvalue weighted by Gasteiger charge is 2.13. The molecule has 0 saturated carbocycles. The largest absolute Gasteiger partial charge is 0.465 e. The van der Waals surface area contributed by atoms with Gasteiger partial charge in [0.25, 0.3) is 0 Å². The third kappa shape index (κ3) is 2.67. The molecule has 0 heterocycles. The third-order valence-corrected chi connectivity index (χ3v) is 2.22. The van der Waals surface area contributed by atoms with Crippen LogP contribution in [0.15, 0.2) is 18.2 Å². The molecule has 0 fully saturated rings. The molecule has 0 unspecified atom stereocenters. The summed E-state index contributed by atoms with van der Waals surface area (Å²) in [7, 11) is 1.27. The molecular weight excluding hydrogens is 209 g/mol. The van der Waals surface area contributed by atoms with Gasteiger partial charge in [0.2, 0.25) is 0 Å². The number of hydrogen-bond acceptors (Lipinski definition) is 3. The number of rotatable bonds is 3. The van der Waals surface area contributed by atoms with Crippen molar-refractivity contribution in [2.24, 2.45) is 5.73 Å². The van der Waals surface area contributed by atoms with Gasteiger partial charge in [-0.1, -0.05) is 12.2 Å². The molecular formula is C12H14FNO2. The normalized spacial score (nSPS) is 10.8.